The van der Waals surface area contributed by atoms with E-state index in [1.54, 1.807) is 6.33 Å². The molecule has 1 aromatic rings. The molecule has 1 aromatic heterocycles. The van der Waals surface area contributed by atoms with Gasteiger partial charge in [0.1, 0.15) is 0 Å². The van der Waals surface area contributed by atoms with Gasteiger partial charge in [-0.2, -0.15) is 0 Å². The Kier molecular flexibility index (Phi) is 3.75. The fourth-order valence-corrected chi connectivity index (χ4v) is 2.20. The summed E-state index contributed by atoms with van der Waals surface area (Å²) in [7, 11) is 0. The first-order valence-corrected chi connectivity index (χ1v) is 5.72. The van der Waals surface area contributed by atoms with Crippen molar-refractivity contribution in [3.05, 3.63) is 18.2 Å². The molecule has 0 aromatic carbocycles. The average Bonchev–Trinajstić information content (AvgIpc) is 2.74. The summed E-state index contributed by atoms with van der Waals surface area (Å²) in [6, 6.07) is 0. The number of aromatic nitrogens is 2. The van der Waals surface area contributed by atoms with Crippen LogP contribution in [0.2, 0.25) is 0 Å². The molecular formula is C11H19N3O. The van der Waals surface area contributed by atoms with Crippen LogP contribution in [-0.2, 0) is 6.54 Å². The Morgan fingerprint density at radius 3 is 3.07 bits per heavy atom. The summed E-state index contributed by atoms with van der Waals surface area (Å²) in [5.74, 6) is 0.432. The van der Waals surface area contributed by atoms with E-state index in [1.807, 2.05) is 6.20 Å². The predicted molar refractivity (Wildman–Crippen MR) is 58.3 cm³/mol. The van der Waals surface area contributed by atoms with Gasteiger partial charge in [0, 0.05) is 25.0 Å². The SMILES string of the molecule is OC1CCCCC1CNCc1cnc[nH]1. The fraction of sp³-hybridized carbons (Fsp3) is 0.727. The minimum Gasteiger partial charge on any atom is -0.393 e. The highest BCUT2D eigenvalue weighted by molar-refractivity contribution is 4.93. The van der Waals surface area contributed by atoms with Crippen molar-refractivity contribution in [3.63, 3.8) is 0 Å². The molecular weight excluding hydrogens is 190 g/mol. The lowest BCUT2D eigenvalue weighted by Gasteiger charge is -2.27. The van der Waals surface area contributed by atoms with Crippen LogP contribution in [0.1, 0.15) is 31.4 Å². The number of aliphatic hydroxyl groups is 1. The maximum absolute atomic E-state index is 9.77. The topological polar surface area (TPSA) is 60.9 Å². The molecule has 0 amide bonds. The van der Waals surface area contributed by atoms with E-state index < -0.39 is 0 Å². The van der Waals surface area contributed by atoms with Crippen LogP contribution in [0.5, 0.6) is 0 Å². The van der Waals surface area contributed by atoms with Crippen molar-refractivity contribution in [1.82, 2.24) is 15.3 Å². The van der Waals surface area contributed by atoms with E-state index in [1.165, 1.54) is 12.8 Å². The molecule has 1 fully saturated rings. The van der Waals surface area contributed by atoms with Crippen LogP contribution in [0.3, 0.4) is 0 Å². The third-order valence-corrected chi connectivity index (χ3v) is 3.15. The van der Waals surface area contributed by atoms with Crippen molar-refractivity contribution in [2.24, 2.45) is 5.92 Å². The number of imidazole rings is 1. The summed E-state index contributed by atoms with van der Waals surface area (Å²) in [5.41, 5.74) is 1.10. The van der Waals surface area contributed by atoms with Crippen molar-refractivity contribution >= 4 is 0 Å². The van der Waals surface area contributed by atoms with Gasteiger partial charge in [-0.1, -0.05) is 12.8 Å². The number of aliphatic hydroxyl groups excluding tert-OH is 1. The first-order chi connectivity index (χ1) is 7.36. The van der Waals surface area contributed by atoms with E-state index in [0.29, 0.717) is 5.92 Å². The molecule has 0 saturated heterocycles. The number of H-pyrrole nitrogens is 1. The number of hydrogen-bond acceptors (Lipinski definition) is 3. The summed E-state index contributed by atoms with van der Waals surface area (Å²) >= 11 is 0. The van der Waals surface area contributed by atoms with E-state index >= 15 is 0 Å². The van der Waals surface area contributed by atoms with Gasteiger partial charge < -0.3 is 15.4 Å². The van der Waals surface area contributed by atoms with E-state index in [2.05, 4.69) is 15.3 Å². The van der Waals surface area contributed by atoms with Crippen LogP contribution in [-0.4, -0.2) is 27.7 Å². The van der Waals surface area contributed by atoms with Gasteiger partial charge in [-0.3, -0.25) is 0 Å². The van der Waals surface area contributed by atoms with Crippen molar-refractivity contribution in [1.29, 1.82) is 0 Å². The van der Waals surface area contributed by atoms with Crippen molar-refractivity contribution in [2.45, 2.75) is 38.3 Å². The molecule has 15 heavy (non-hydrogen) atoms. The van der Waals surface area contributed by atoms with Gasteiger partial charge in [-0.25, -0.2) is 4.98 Å². The minimum atomic E-state index is -0.104. The molecule has 0 aliphatic heterocycles. The molecule has 0 bridgehead atoms. The monoisotopic (exact) mass is 209 g/mol. The molecule has 2 rings (SSSR count). The van der Waals surface area contributed by atoms with Crippen LogP contribution in [0.15, 0.2) is 12.5 Å². The molecule has 84 valence electrons. The average molecular weight is 209 g/mol. The number of hydrogen-bond donors (Lipinski definition) is 3. The van der Waals surface area contributed by atoms with E-state index in [-0.39, 0.29) is 6.10 Å². The van der Waals surface area contributed by atoms with Crippen LogP contribution in [0, 0.1) is 5.92 Å². The second kappa shape index (κ2) is 5.28. The van der Waals surface area contributed by atoms with E-state index in [9.17, 15) is 5.11 Å². The lowest BCUT2D eigenvalue weighted by molar-refractivity contribution is 0.0694. The summed E-state index contributed by atoms with van der Waals surface area (Å²) in [6.07, 6.45) is 7.96. The smallest absolute Gasteiger partial charge is 0.0922 e. The van der Waals surface area contributed by atoms with Crippen LogP contribution >= 0.6 is 0 Å². The third kappa shape index (κ3) is 3.04. The van der Waals surface area contributed by atoms with E-state index in [4.69, 9.17) is 0 Å². The molecule has 1 heterocycles. The summed E-state index contributed by atoms with van der Waals surface area (Å²) < 4.78 is 0. The second-order valence-electron chi connectivity index (χ2n) is 4.32. The van der Waals surface area contributed by atoms with Crippen LogP contribution in [0.4, 0.5) is 0 Å². The molecule has 4 nitrogen and oxygen atoms in total. The van der Waals surface area contributed by atoms with Gasteiger partial charge in [0.15, 0.2) is 0 Å². The van der Waals surface area contributed by atoms with Gasteiger partial charge >= 0.3 is 0 Å². The highest BCUT2D eigenvalue weighted by Gasteiger charge is 2.22. The highest BCUT2D eigenvalue weighted by Crippen LogP contribution is 2.23. The third-order valence-electron chi connectivity index (χ3n) is 3.15. The van der Waals surface area contributed by atoms with Gasteiger partial charge in [-0.05, 0) is 18.8 Å². The van der Waals surface area contributed by atoms with Crippen LogP contribution < -0.4 is 5.32 Å². The zero-order chi connectivity index (χ0) is 10.5. The normalized spacial score (nSPS) is 26.7. The maximum Gasteiger partial charge on any atom is 0.0922 e. The van der Waals surface area contributed by atoms with Crippen molar-refractivity contribution < 1.29 is 5.11 Å². The van der Waals surface area contributed by atoms with Crippen LogP contribution in [0.25, 0.3) is 0 Å². The minimum absolute atomic E-state index is 0.104. The van der Waals surface area contributed by atoms with Gasteiger partial charge in [-0.15, -0.1) is 0 Å². The summed E-state index contributed by atoms with van der Waals surface area (Å²) in [4.78, 5) is 7.01. The predicted octanol–water partition coefficient (Wildman–Crippen LogP) is 1.05. The number of rotatable bonds is 4. The molecule has 2 unspecified atom stereocenters. The first-order valence-electron chi connectivity index (χ1n) is 5.72. The Balaban J connectivity index is 1.68. The first kappa shape index (κ1) is 10.6. The van der Waals surface area contributed by atoms with Gasteiger partial charge in [0.2, 0.25) is 0 Å². The Morgan fingerprint density at radius 1 is 1.47 bits per heavy atom. The summed E-state index contributed by atoms with van der Waals surface area (Å²) in [6.45, 7) is 1.71. The van der Waals surface area contributed by atoms with Gasteiger partial charge in [0.05, 0.1) is 12.4 Å². The number of nitrogens with one attached hydrogen (secondary N) is 2. The molecule has 4 heteroatoms. The quantitative estimate of drug-likeness (QED) is 0.694. The lowest BCUT2D eigenvalue weighted by atomic mass is 9.86. The molecule has 0 spiro atoms. The zero-order valence-electron chi connectivity index (χ0n) is 8.95. The summed E-state index contributed by atoms with van der Waals surface area (Å²) in [5, 5.41) is 13.1. The van der Waals surface area contributed by atoms with E-state index in [0.717, 1.165) is 31.6 Å². The molecule has 2 atom stereocenters. The zero-order valence-corrected chi connectivity index (χ0v) is 8.95. The number of nitrogens with zero attached hydrogens (tertiary/aromatic N) is 1. The molecule has 1 aliphatic rings. The Labute approximate surface area is 90.1 Å². The number of aromatic amines is 1. The standard InChI is InChI=1S/C11H19N3O/c15-11-4-2-1-3-9(11)5-12-6-10-7-13-8-14-10/h7-9,11-12,15H,1-6H2,(H,13,14). The van der Waals surface area contributed by atoms with Crippen molar-refractivity contribution in [2.75, 3.05) is 6.54 Å². The highest BCUT2D eigenvalue weighted by atomic mass is 16.3. The lowest BCUT2D eigenvalue weighted by Crippen LogP contribution is -2.33. The largest absolute Gasteiger partial charge is 0.393 e. The maximum atomic E-state index is 9.77. The molecule has 1 saturated carbocycles. The molecule has 3 N–H and O–H groups in total. The Hall–Kier alpha value is -0.870. The second-order valence-corrected chi connectivity index (χ2v) is 4.32. The fourth-order valence-electron chi connectivity index (χ4n) is 2.20. The Bertz CT molecular complexity index is 273. The van der Waals surface area contributed by atoms with Gasteiger partial charge in [0.25, 0.3) is 0 Å². The molecule has 1 aliphatic carbocycles. The molecule has 0 radical (unpaired) electrons. The Morgan fingerprint density at radius 2 is 2.33 bits per heavy atom. The van der Waals surface area contributed by atoms with Crippen molar-refractivity contribution in [3.8, 4) is 0 Å².